The van der Waals surface area contributed by atoms with E-state index in [4.69, 9.17) is 0 Å². The van der Waals surface area contributed by atoms with Crippen LogP contribution < -0.4 is 0 Å². The highest BCUT2D eigenvalue weighted by Crippen LogP contribution is 2.54. The maximum Gasteiger partial charge on any atom is 0.294 e. The Kier molecular flexibility index (Phi) is 5.17. The molecule has 1 fully saturated rings. The lowest BCUT2D eigenvalue weighted by atomic mass is 9.82. The fourth-order valence-corrected chi connectivity index (χ4v) is 8.17. The second-order valence-corrected chi connectivity index (χ2v) is 13.4. The van der Waals surface area contributed by atoms with Crippen molar-refractivity contribution in [2.24, 2.45) is 5.92 Å². The van der Waals surface area contributed by atoms with Crippen LogP contribution in [-0.4, -0.2) is 37.5 Å². The lowest BCUT2D eigenvalue weighted by Crippen LogP contribution is -2.15. The van der Waals surface area contributed by atoms with E-state index in [1.165, 1.54) is 60.0 Å². The van der Waals surface area contributed by atoms with Crippen LogP contribution in [0.2, 0.25) is 0 Å². The van der Waals surface area contributed by atoms with Crippen LogP contribution in [0.1, 0.15) is 16.8 Å². The minimum atomic E-state index is -4.40. The first-order valence-corrected chi connectivity index (χ1v) is 15.0. The molecule has 2 N–H and O–H groups in total. The summed E-state index contributed by atoms with van der Waals surface area (Å²) in [7, 11) is -8.77. The Morgan fingerprint density at radius 3 is 2.33 bits per heavy atom. The number of hydrogen-bond acceptors (Lipinski definition) is 8. The summed E-state index contributed by atoms with van der Waals surface area (Å²) < 4.78 is 64.8. The Hall–Kier alpha value is -2.74. The van der Waals surface area contributed by atoms with Gasteiger partial charge in [-0.05, 0) is 47.0 Å². The number of ketones is 2. The summed E-state index contributed by atoms with van der Waals surface area (Å²) >= 11 is 2.38. The van der Waals surface area contributed by atoms with Crippen LogP contribution in [0.5, 0.6) is 0 Å². The molecule has 2 aliphatic carbocycles. The van der Waals surface area contributed by atoms with Crippen LogP contribution in [0.15, 0.2) is 95.2 Å². The highest BCUT2D eigenvalue weighted by molar-refractivity contribution is 8.11. The third kappa shape index (κ3) is 3.59. The normalized spacial score (nSPS) is 23.6. The van der Waals surface area contributed by atoms with Gasteiger partial charge in [-0.1, -0.05) is 53.9 Å². The van der Waals surface area contributed by atoms with Crippen molar-refractivity contribution in [1.29, 1.82) is 0 Å². The van der Waals surface area contributed by atoms with Gasteiger partial charge in [-0.3, -0.25) is 18.7 Å². The van der Waals surface area contributed by atoms with E-state index in [1.54, 1.807) is 12.1 Å². The molecule has 6 rings (SSSR count). The van der Waals surface area contributed by atoms with E-state index in [2.05, 4.69) is 0 Å². The van der Waals surface area contributed by atoms with Crippen molar-refractivity contribution in [3.63, 3.8) is 0 Å². The second kappa shape index (κ2) is 7.88. The van der Waals surface area contributed by atoms with Crippen LogP contribution in [0, 0.1) is 5.92 Å². The number of fused-ring (bicyclic) bond motifs is 5. The number of Topliss-reactive ketones (excluding diaryl/α,β-unsaturated/α-hetero) is 2. The predicted octanol–water partition coefficient (Wildman–Crippen LogP) is 4.44. The highest BCUT2D eigenvalue weighted by Gasteiger charge is 2.41. The molecule has 2 aromatic rings. The van der Waals surface area contributed by atoms with Gasteiger partial charge in [0.2, 0.25) is 11.6 Å². The fraction of sp³-hybridized carbons (Fsp3) is 0.0833. The largest absolute Gasteiger partial charge is 0.294 e. The van der Waals surface area contributed by atoms with Gasteiger partial charge in [0.05, 0.1) is 19.6 Å². The number of carbonyl (C=O) groups excluding carboxylic acids is 2. The van der Waals surface area contributed by atoms with Gasteiger partial charge in [-0.15, -0.1) is 0 Å². The van der Waals surface area contributed by atoms with Crippen molar-refractivity contribution in [2.75, 3.05) is 0 Å². The summed E-state index contributed by atoms with van der Waals surface area (Å²) in [6.45, 7) is 0. The van der Waals surface area contributed by atoms with Crippen LogP contribution in [0.4, 0.5) is 0 Å². The topological polar surface area (TPSA) is 143 Å². The molecule has 0 saturated carbocycles. The lowest BCUT2D eigenvalue weighted by Gasteiger charge is -2.23. The monoisotopic (exact) mass is 558 g/mol. The third-order valence-corrected chi connectivity index (χ3v) is 10.5. The second-order valence-electron chi connectivity index (χ2n) is 8.44. The molecule has 182 valence electrons. The molecule has 0 aromatic heterocycles. The van der Waals surface area contributed by atoms with Gasteiger partial charge in [0.25, 0.3) is 20.2 Å². The molecular formula is C24H14O8S4. The Balaban J connectivity index is 1.43. The van der Waals surface area contributed by atoms with E-state index in [0.717, 1.165) is 0 Å². The predicted molar refractivity (Wildman–Crippen MR) is 136 cm³/mol. The Labute approximate surface area is 214 Å². The molecule has 1 atom stereocenters. The fourth-order valence-electron chi connectivity index (χ4n) is 4.70. The lowest BCUT2D eigenvalue weighted by molar-refractivity contribution is -0.111. The Morgan fingerprint density at radius 1 is 0.861 bits per heavy atom. The zero-order chi connectivity index (χ0) is 25.6. The summed E-state index contributed by atoms with van der Waals surface area (Å²) in [6, 6.07) is 7.33. The van der Waals surface area contributed by atoms with Gasteiger partial charge in [0.15, 0.2) is 0 Å². The molecule has 0 amide bonds. The zero-order valence-electron chi connectivity index (χ0n) is 18.0. The van der Waals surface area contributed by atoms with Crippen molar-refractivity contribution in [3.8, 4) is 0 Å². The first-order valence-electron chi connectivity index (χ1n) is 10.5. The van der Waals surface area contributed by atoms with Crippen molar-refractivity contribution in [2.45, 2.75) is 16.2 Å². The number of benzene rings is 2. The third-order valence-electron chi connectivity index (χ3n) is 6.33. The summed E-state index contributed by atoms with van der Waals surface area (Å²) in [5.74, 6) is -1.05. The number of rotatable bonds is 2. The standard InChI is InChI=1S/C24H14O8S4/c25-21-19-15-5-3-13(35(27,28)29)9-11(15)1-7-17(19)33-23(21)24-22(26)20-16-6-4-14(36(30,31)32)10-12(16)2-8-18(20)34-24/h1,3-10,12H,2H2,(H,27,28,29)(H,30,31,32). The molecule has 2 heterocycles. The molecule has 1 unspecified atom stereocenters. The smallest absolute Gasteiger partial charge is 0.288 e. The van der Waals surface area contributed by atoms with Crippen molar-refractivity contribution in [1.82, 2.24) is 0 Å². The van der Waals surface area contributed by atoms with Crippen molar-refractivity contribution in [3.05, 3.63) is 91.0 Å². The van der Waals surface area contributed by atoms with E-state index in [1.807, 2.05) is 6.08 Å². The van der Waals surface area contributed by atoms with Crippen LogP contribution in [-0.2, 0) is 25.0 Å². The number of carbonyl (C=O) groups is 2. The van der Waals surface area contributed by atoms with Gasteiger partial charge in [-0.2, -0.15) is 16.8 Å². The SMILES string of the molecule is O=C1C(=C2Sc3ccc4cc(S(=O)(=O)O)ccc4c3C2=O)SC2=CCC3C=C(S(=O)(=O)O)C=CC3=C12. The molecule has 1 saturated heterocycles. The maximum atomic E-state index is 13.5. The molecule has 12 heteroatoms. The molecule has 4 aliphatic rings. The quantitative estimate of drug-likeness (QED) is 0.401. The Morgan fingerprint density at radius 2 is 1.61 bits per heavy atom. The van der Waals surface area contributed by atoms with Crippen molar-refractivity contribution >= 4 is 66.1 Å². The summed E-state index contributed by atoms with van der Waals surface area (Å²) in [6.07, 6.45) is 6.49. The van der Waals surface area contributed by atoms with Gasteiger partial charge >= 0.3 is 0 Å². The molecule has 36 heavy (non-hydrogen) atoms. The molecule has 2 aromatic carbocycles. The van der Waals surface area contributed by atoms with Gasteiger partial charge < -0.3 is 0 Å². The van der Waals surface area contributed by atoms with E-state index >= 15 is 0 Å². The molecule has 0 radical (unpaired) electrons. The summed E-state index contributed by atoms with van der Waals surface area (Å²) in [5.41, 5.74) is 1.43. The van der Waals surface area contributed by atoms with Gasteiger partial charge in [0.1, 0.15) is 0 Å². The van der Waals surface area contributed by atoms with E-state index < -0.39 is 20.2 Å². The molecular weight excluding hydrogens is 545 g/mol. The molecule has 0 spiro atoms. The molecule has 2 aliphatic heterocycles. The summed E-state index contributed by atoms with van der Waals surface area (Å²) in [4.78, 5) is 28.4. The number of allylic oxidation sites excluding steroid dienone is 8. The summed E-state index contributed by atoms with van der Waals surface area (Å²) in [5, 5.41) is 0.979. The van der Waals surface area contributed by atoms with Crippen LogP contribution in [0.25, 0.3) is 10.8 Å². The van der Waals surface area contributed by atoms with E-state index in [0.29, 0.717) is 43.7 Å². The average Bonchev–Trinajstić information content (AvgIpc) is 3.34. The number of thioether (sulfide) groups is 2. The maximum absolute atomic E-state index is 13.5. The average molecular weight is 559 g/mol. The van der Waals surface area contributed by atoms with E-state index in [-0.39, 0.29) is 37.1 Å². The van der Waals surface area contributed by atoms with Crippen LogP contribution >= 0.6 is 23.5 Å². The van der Waals surface area contributed by atoms with Crippen molar-refractivity contribution < 1.29 is 35.5 Å². The first kappa shape index (κ1) is 23.6. The van der Waals surface area contributed by atoms with Gasteiger partial charge in [-0.25, -0.2) is 0 Å². The Bertz CT molecular complexity index is 1840. The number of hydrogen-bond donors (Lipinski definition) is 2. The zero-order valence-corrected chi connectivity index (χ0v) is 21.2. The minimum absolute atomic E-state index is 0.216. The first-order chi connectivity index (χ1) is 16.9. The molecule has 0 bridgehead atoms. The van der Waals surface area contributed by atoms with E-state index in [9.17, 15) is 35.5 Å². The van der Waals surface area contributed by atoms with Gasteiger partial charge in [0, 0.05) is 26.9 Å². The highest BCUT2D eigenvalue weighted by atomic mass is 32.2. The molecule has 8 nitrogen and oxygen atoms in total. The minimum Gasteiger partial charge on any atom is -0.288 e. The van der Waals surface area contributed by atoms with Crippen LogP contribution in [0.3, 0.4) is 0 Å².